The first-order chi connectivity index (χ1) is 16.2. The number of anilines is 3. The van der Waals surface area contributed by atoms with Crippen LogP contribution in [0, 0.1) is 5.92 Å². The van der Waals surface area contributed by atoms with Crippen molar-refractivity contribution in [2.75, 3.05) is 22.6 Å². The van der Waals surface area contributed by atoms with Crippen molar-refractivity contribution in [1.82, 2.24) is 15.3 Å². The monoisotopic (exact) mass is 450 g/mol. The van der Waals surface area contributed by atoms with Crippen LogP contribution in [0.3, 0.4) is 0 Å². The highest BCUT2D eigenvalue weighted by atomic mass is 16.1. The molecule has 7 nitrogen and oxygen atoms in total. The van der Waals surface area contributed by atoms with E-state index in [4.69, 9.17) is 5.73 Å². The van der Waals surface area contributed by atoms with Gasteiger partial charge in [0.15, 0.2) is 11.6 Å². The van der Waals surface area contributed by atoms with E-state index in [1.807, 2.05) is 0 Å². The Morgan fingerprint density at radius 1 is 1.24 bits per heavy atom. The minimum absolute atomic E-state index is 0.216. The summed E-state index contributed by atoms with van der Waals surface area (Å²) in [5, 5.41) is 6.67. The zero-order chi connectivity index (χ0) is 23.0. The molecule has 1 aromatic carbocycles. The van der Waals surface area contributed by atoms with Gasteiger partial charge in [-0.3, -0.25) is 4.79 Å². The van der Waals surface area contributed by atoms with Crippen molar-refractivity contribution >= 4 is 23.2 Å². The number of aromatic nitrogens is 2. The number of nitrogen functional groups attached to an aromatic ring is 1. The summed E-state index contributed by atoms with van der Waals surface area (Å²) in [6.07, 6.45) is 12.0. The Morgan fingerprint density at radius 2 is 2.09 bits per heavy atom. The van der Waals surface area contributed by atoms with E-state index in [0.29, 0.717) is 36.9 Å². The Kier molecular flexibility index (Phi) is 8.02. The highest BCUT2D eigenvalue weighted by molar-refractivity contribution is 5.80. The van der Waals surface area contributed by atoms with Crippen molar-refractivity contribution in [2.24, 2.45) is 5.92 Å². The smallest absolute Gasteiger partial charge is 0.220 e. The van der Waals surface area contributed by atoms with E-state index in [0.717, 1.165) is 56.5 Å². The van der Waals surface area contributed by atoms with Crippen LogP contribution in [0.15, 0.2) is 36.7 Å². The predicted molar refractivity (Wildman–Crippen MR) is 134 cm³/mol. The van der Waals surface area contributed by atoms with Crippen LogP contribution >= 0.6 is 0 Å². The second kappa shape index (κ2) is 11.3. The highest BCUT2D eigenvalue weighted by Gasteiger charge is 2.29. The lowest BCUT2D eigenvalue weighted by molar-refractivity contribution is -0.122. The molecule has 0 bridgehead atoms. The number of nitrogens with two attached hydrogens (primary N) is 1. The van der Waals surface area contributed by atoms with Gasteiger partial charge in [0.05, 0.1) is 6.67 Å². The molecule has 2 aliphatic rings. The fourth-order valence-electron chi connectivity index (χ4n) is 5.41. The number of hydrogen-bond acceptors (Lipinski definition) is 6. The van der Waals surface area contributed by atoms with E-state index in [1.54, 1.807) is 0 Å². The van der Waals surface area contributed by atoms with Crippen molar-refractivity contribution in [2.45, 2.75) is 83.2 Å². The maximum Gasteiger partial charge on any atom is 0.220 e. The van der Waals surface area contributed by atoms with Gasteiger partial charge in [0.25, 0.3) is 0 Å². The summed E-state index contributed by atoms with van der Waals surface area (Å²) in [5.74, 6) is 2.22. The quantitative estimate of drug-likeness (QED) is 0.436. The molecule has 1 aliphatic carbocycles. The number of benzene rings is 1. The van der Waals surface area contributed by atoms with Gasteiger partial charge < -0.3 is 21.3 Å². The molecule has 4 rings (SSSR count). The van der Waals surface area contributed by atoms with Gasteiger partial charge in [-0.15, -0.1) is 0 Å². The summed E-state index contributed by atoms with van der Waals surface area (Å²) in [7, 11) is 0. The SMILES string of the molecule is CCC(CCCCC(=O)NC1CCC[C@H]1CCc1ccccc1)N1CNc2c(N)ncnc21. The van der Waals surface area contributed by atoms with E-state index in [1.165, 1.54) is 24.7 Å². The first-order valence-electron chi connectivity index (χ1n) is 12.6. The van der Waals surface area contributed by atoms with E-state index in [-0.39, 0.29) is 5.91 Å². The van der Waals surface area contributed by atoms with Gasteiger partial charge in [-0.05, 0) is 56.4 Å². The van der Waals surface area contributed by atoms with E-state index < -0.39 is 0 Å². The molecule has 2 unspecified atom stereocenters. The minimum atomic E-state index is 0.216. The normalized spacial score (nSPS) is 20.3. The zero-order valence-electron chi connectivity index (χ0n) is 19.8. The lowest BCUT2D eigenvalue weighted by atomic mass is 9.94. The Hall–Kier alpha value is -2.83. The molecule has 1 fully saturated rings. The van der Waals surface area contributed by atoms with Crippen LogP contribution < -0.4 is 21.3 Å². The fourth-order valence-corrected chi connectivity index (χ4v) is 5.41. The van der Waals surface area contributed by atoms with E-state index in [9.17, 15) is 4.79 Å². The summed E-state index contributed by atoms with van der Waals surface area (Å²) < 4.78 is 0. The maximum atomic E-state index is 12.6. The lowest BCUT2D eigenvalue weighted by Gasteiger charge is -2.27. The topological polar surface area (TPSA) is 96.2 Å². The second-order valence-corrected chi connectivity index (χ2v) is 9.46. The average molecular weight is 451 g/mol. The van der Waals surface area contributed by atoms with Gasteiger partial charge in [-0.1, -0.05) is 50.1 Å². The average Bonchev–Trinajstić information content (AvgIpc) is 3.46. The number of rotatable bonds is 11. The molecule has 7 heteroatoms. The molecule has 33 heavy (non-hydrogen) atoms. The number of fused-ring (bicyclic) bond motifs is 1. The minimum Gasteiger partial charge on any atom is -0.382 e. The number of hydrogen-bond donors (Lipinski definition) is 3. The molecule has 0 spiro atoms. The number of amides is 1. The van der Waals surface area contributed by atoms with E-state index in [2.05, 4.69) is 62.8 Å². The van der Waals surface area contributed by atoms with Crippen LogP contribution in [0.1, 0.15) is 70.3 Å². The molecule has 1 aliphatic heterocycles. The third kappa shape index (κ3) is 5.95. The molecule has 1 aromatic heterocycles. The Morgan fingerprint density at radius 3 is 2.91 bits per heavy atom. The molecule has 4 N–H and O–H groups in total. The van der Waals surface area contributed by atoms with Crippen molar-refractivity contribution in [3.8, 4) is 0 Å². The molecule has 2 aromatic rings. The van der Waals surface area contributed by atoms with Gasteiger partial charge >= 0.3 is 0 Å². The Bertz CT molecular complexity index is 905. The molecule has 2 heterocycles. The highest BCUT2D eigenvalue weighted by Crippen LogP contribution is 2.35. The van der Waals surface area contributed by atoms with Crippen molar-refractivity contribution in [3.63, 3.8) is 0 Å². The molecule has 3 atom stereocenters. The summed E-state index contributed by atoms with van der Waals surface area (Å²) in [4.78, 5) is 23.4. The summed E-state index contributed by atoms with van der Waals surface area (Å²) in [6, 6.07) is 11.4. The third-order valence-corrected chi connectivity index (χ3v) is 7.31. The first kappa shape index (κ1) is 23.3. The molecule has 1 amide bonds. The first-order valence-corrected chi connectivity index (χ1v) is 12.6. The molecule has 0 saturated heterocycles. The number of unbranched alkanes of at least 4 members (excludes halogenated alkanes) is 1. The molecule has 0 radical (unpaired) electrons. The Balaban J connectivity index is 1.18. The van der Waals surface area contributed by atoms with Crippen molar-refractivity contribution < 1.29 is 4.79 Å². The number of carbonyl (C=O) groups is 1. The second-order valence-electron chi connectivity index (χ2n) is 9.46. The molecule has 1 saturated carbocycles. The molecule has 178 valence electrons. The summed E-state index contributed by atoms with van der Waals surface area (Å²) in [6.45, 7) is 2.92. The number of aryl methyl sites for hydroxylation is 1. The van der Waals surface area contributed by atoms with Crippen molar-refractivity contribution in [1.29, 1.82) is 0 Å². The van der Waals surface area contributed by atoms with Crippen molar-refractivity contribution in [3.05, 3.63) is 42.2 Å². The van der Waals surface area contributed by atoms with Crippen LogP contribution in [0.25, 0.3) is 0 Å². The standard InChI is InChI=1S/C26H38N6O/c1-2-21(32-18-30-24-25(27)28-17-29-26(24)32)12-6-7-14-23(33)31-22-13-8-11-20(22)16-15-19-9-4-3-5-10-19/h3-5,9-10,17,20-22,30H,2,6-8,11-16,18H2,1H3,(H,31,33)(H2,27,28,29)/t20-,21?,22?/m0/s1. The fraction of sp³-hybridized carbons (Fsp3) is 0.577. The molecular formula is C26H38N6O. The van der Waals surface area contributed by atoms with Crippen LogP contribution in [-0.2, 0) is 11.2 Å². The number of nitrogens with zero attached hydrogens (tertiary/aromatic N) is 3. The predicted octanol–water partition coefficient (Wildman–Crippen LogP) is 4.50. The summed E-state index contributed by atoms with van der Waals surface area (Å²) >= 11 is 0. The number of carbonyl (C=O) groups excluding carboxylic acids is 1. The van der Waals surface area contributed by atoms with Gasteiger partial charge in [-0.2, -0.15) is 0 Å². The summed E-state index contributed by atoms with van der Waals surface area (Å²) in [5.41, 5.74) is 8.21. The van der Waals surface area contributed by atoms with Gasteiger partial charge in [0.1, 0.15) is 12.0 Å². The number of nitrogens with one attached hydrogen (secondary N) is 2. The van der Waals surface area contributed by atoms with Crippen LogP contribution in [0.5, 0.6) is 0 Å². The van der Waals surface area contributed by atoms with Gasteiger partial charge in [0, 0.05) is 18.5 Å². The maximum absolute atomic E-state index is 12.6. The third-order valence-electron chi connectivity index (χ3n) is 7.31. The van der Waals surface area contributed by atoms with Crippen LogP contribution in [0.4, 0.5) is 17.3 Å². The van der Waals surface area contributed by atoms with E-state index >= 15 is 0 Å². The lowest BCUT2D eigenvalue weighted by Crippen LogP contribution is -2.37. The largest absolute Gasteiger partial charge is 0.382 e. The van der Waals surface area contributed by atoms with Gasteiger partial charge in [-0.25, -0.2) is 9.97 Å². The Labute approximate surface area is 197 Å². The van der Waals surface area contributed by atoms with Gasteiger partial charge in [0.2, 0.25) is 5.91 Å². The molecular weight excluding hydrogens is 412 g/mol. The van der Waals surface area contributed by atoms with Crippen LogP contribution in [0.2, 0.25) is 0 Å². The van der Waals surface area contributed by atoms with Crippen LogP contribution in [-0.4, -0.2) is 34.6 Å². The zero-order valence-corrected chi connectivity index (χ0v) is 19.8.